The minimum absolute atomic E-state index is 0.122. The molecule has 1 heterocycles. The van der Waals surface area contributed by atoms with Crippen LogP contribution >= 0.6 is 27.3 Å². The number of carbonyl (C=O) groups is 1. The molecule has 4 bridgehead atoms. The first-order valence-corrected chi connectivity index (χ1v) is 9.65. The van der Waals surface area contributed by atoms with Crippen LogP contribution in [-0.2, 0) is 16.1 Å². The van der Waals surface area contributed by atoms with Crippen LogP contribution in [0.15, 0.2) is 15.0 Å². The van der Waals surface area contributed by atoms with Gasteiger partial charge in [-0.05, 0) is 65.8 Å². The van der Waals surface area contributed by atoms with Crippen LogP contribution in [0.3, 0.4) is 0 Å². The third kappa shape index (κ3) is 2.34. The zero-order valence-corrected chi connectivity index (χ0v) is 15.2. The summed E-state index contributed by atoms with van der Waals surface area (Å²) in [5.41, 5.74) is -0.122. The van der Waals surface area contributed by atoms with E-state index in [0.717, 1.165) is 39.8 Å². The average Bonchev–Trinajstić information content (AvgIpc) is 3.04. The summed E-state index contributed by atoms with van der Waals surface area (Å²) in [7, 11) is 1.69. The number of amides is 1. The van der Waals surface area contributed by atoms with Gasteiger partial charge in [0.15, 0.2) is 4.80 Å². The standard InChI is InChI=1S/C16H21BrN2O2S/c1-21-3-2-19-9-13(17)22-15(19)18-14(20)16-7-10-4-11(8-16)6-12(16)5-10/h9-12H,2-8H2,1H3. The van der Waals surface area contributed by atoms with Crippen LogP contribution in [0.5, 0.6) is 0 Å². The summed E-state index contributed by atoms with van der Waals surface area (Å²) >= 11 is 5.04. The van der Waals surface area contributed by atoms with Crippen molar-refractivity contribution in [2.45, 2.75) is 38.6 Å². The summed E-state index contributed by atoms with van der Waals surface area (Å²) in [6.45, 7) is 1.36. The molecule has 120 valence electrons. The Balaban J connectivity index is 1.64. The van der Waals surface area contributed by atoms with Crippen LogP contribution < -0.4 is 4.80 Å². The summed E-state index contributed by atoms with van der Waals surface area (Å²) in [5, 5.41) is 0. The molecule has 1 aromatic rings. The Morgan fingerprint density at radius 1 is 1.45 bits per heavy atom. The van der Waals surface area contributed by atoms with E-state index in [-0.39, 0.29) is 11.3 Å². The van der Waals surface area contributed by atoms with E-state index in [1.807, 2.05) is 10.8 Å². The van der Waals surface area contributed by atoms with Gasteiger partial charge in [-0.1, -0.05) is 11.3 Å². The second kappa shape index (κ2) is 5.56. The largest absolute Gasteiger partial charge is 0.383 e. The molecule has 4 fully saturated rings. The number of rotatable bonds is 4. The summed E-state index contributed by atoms with van der Waals surface area (Å²) in [4.78, 5) is 18.4. The lowest BCUT2D eigenvalue weighted by atomic mass is 9.75. The third-order valence-corrected chi connectivity index (χ3v) is 7.34. The molecular formula is C16H21BrN2O2S. The Morgan fingerprint density at radius 3 is 2.86 bits per heavy atom. The van der Waals surface area contributed by atoms with Gasteiger partial charge >= 0.3 is 0 Å². The summed E-state index contributed by atoms with van der Waals surface area (Å²) in [5.74, 6) is 2.31. The average molecular weight is 385 g/mol. The SMILES string of the molecule is COCCn1cc(Br)sc1=NC(=O)C12CC3CC(CC1C3)C2. The quantitative estimate of drug-likeness (QED) is 0.799. The fraction of sp³-hybridized carbons (Fsp3) is 0.750. The maximum Gasteiger partial charge on any atom is 0.254 e. The van der Waals surface area contributed by atoms with Crippen LogP contribution in [0.2, 0.25) is 0 Å². The first kappa shape index (κ1) is 15.1. The van der Waals surface area contributed by atoms with Crippen molar-refractivity contribution in [3.05, 3.63) is 14.8 Å². The predicted molar refractivity (Wildman–Crippen MR) is 88.4 cm³/mol. The molecule has 2 atom stereocenters. The van der Waals surface area contributed by atoms with Crippen molar-refractivity contribution in [1.82, 2.24) is 4.57 Å². The smallest absolute Gasteiger partial charge is 0.254 e. The summed E-state index contributed by atoms with van der Waals surface area (Å²) in [6.07, 6.45) is 8.03. The number of carbonyl (C=O) groups excluding carboxylic acids is 1. The Kier molecular flexibility index (Phi) is 3.82. The number of hydrogen-bond acceptors (Lipinski definition) is 3. The topological polar surface area (TPSA) is 43.6 Å². The van der Waals surface area contributed by atoms with Gasteiger partial charge in [-0.15, -0.1) is 0 Å². The van der Waals surface area contributed by atoms with Crippen LogP contribution in [0.25, 0.3) is 0 Å². The van der Waals surface area contributed by atoms with Crippen molar-refractivity contribution in [3.63, 3.8) is 0 Å². The molecular weight excluding hydrogens is 364 g/mol. The molecule has 0 spiro atoms. The van der Waals surface area contributed by atoms with Crippen LogP contribution in [0.4, 0.5) is 0 Å². The Labute approximate surface area is 142 Å². The molecule has 4 saturated carbocycles. The first-order chi connectivity index (χ1) is 10.6. The van der Waals surface area contributed by atoms with E-state index >= 15 is 0 Å². The van der Waals surface area contributed by atoms with Crippen molar-refractivity contribution in [2.24, 2.45) is 28.2 Å². The molecule has 0 radical (unpaired) electrons. The normalized spacial score (nSPS) is 36.5. The number of hydrogen-bond donors (Lipinski definition) is 0. The highest BCUT2D eigenvalue weighted by Crippen LogP contribution is 2.65. The van der Waals surface area contributed by atoms with E-state index in [1.165, 1.54) is 30.6 Å². The molecule has 6 heteroatoms. The highest BCUT2D eigenvalue weighted by atomic mass is 79.9. The van der Waals surface area contributed by atoms with E-state index in [1.54, 1.807) is 7.11 Å². The second-order valence-corrected chi connectivity index (χ2v) is 9.51. The van der Waals surface area contributed by atoms with E-state index in [4.69, 9.17) is 4.74 Å². The number of nitrogens with zero attached hydrogens (tertiary/aromatic N) is 2. The number of thiazole rings is 1. The third-order valence-electron chi connectivity index (χ3n) is 5.84. The molecule has 4 aliphatic rings. The van der Waals surface area contributed by atoms with Gasteiger partial charge in [-0.2, -0.15) is 4.99 Å². The Hall–Kier alpha value is -0.460. The van der Waals surface area contributed by atoms with Gasteiger partial charge in [0.05, 0.1) is 15.8 Å². The lowest BCUT2D eigenvalue weighted by Gasteiger charge is -2.29. The van der Waals surface area contributed by atoms with Gasteiger partial charge in [0.1, 0.15) is 0 Å². The molecule has 5 rings (SSSR count). The number of methoxy groups -OCH3 is 1. The number of halogens is 1. The molecule has 4 nitrogen and oxygen atoms in total. The van der Waals surface area contributed by atoms with Gasteiger partial charge in [-0.25, -0.2) is 0 Å². The van der Waals surface area contributed by atoms with Crippen molar-refractivity contribution in [3.8, 4) is 0 Å². The zero-order chi connectivity index (χ0) is 15.3. The lowest BCUT2D eigenvalue weighted by molar-refractivity contribution is -0.129. The van der Waals surface area contributed by atoms with Gasteiger partial charge < -0.3 is 9.30 Å². The van der Waals surface area contributed by atoms with E-state index in [9.17, 15) is 4.79 Å². The molecule has 0 saturated heterocycles. The number of aromatic nitrogens is 1. The van der Waals surface area contributed by atoms with E-state index in [0.29, 0.717) is 12.5 Å². The molecule has 1 aromatic heterocycles. The maximum atomic E-state index is 13.0. The first-order valence-electron chi connectivity index (χ1n) is 8.04. The van der Waals surface area contributed by atoms with Crippen LogP contribution in [0, 0.1) is 23.2 Å². The summed E-state index contributed by atoms with van der Waals surface area (Å²) < 4.78 is 8.17. The highest BCUT2D eigenvalue weighted by molar-refractivity contribution is 9.11. The van der Waals surface area contributed by atoms with Gasteiger partial charge in [-0.3, -0.25) is 4.79 Å². The molecule has 2 unspecified atom stereocenters. The maximum absolute atomic E-state index is 13.0. The molecule has 0 N–H and O–H groups in total. The van der Waals surface area contributed by atoms with E-state index < -0.39 is 0 Å². The van der Waals surface area contributed by atoms with Crippen molar-refractivity contribution >= 4 is 33.2 Å². The molecule has 0 aliphatic heterocycles. The lowest BCUT2D eigenvalue weighted by Crippen LogP contribution is -2.33. The summed E-state index contributed by atoms with van der Waals surface area (Å²) in [6, 6.07) is 0. The highest BCUT2D eigenvalue weighted by Gasteiger charge is 2.61. The fourth-order valence-corrected chi connectivity index (χ4v) is 6.56. The van der Waals surface area contributed by atoms with Gasteiger partial charge in [0, 0.05) is 19.9 Å². The Morgan fingerprint density at radius 2 is 2.18 bits per heavy atom. The molecule has 1 amide bonds. The molecule has 22 heavy (non-hydrogen) atoms. The zero-order valence-electron chi connectivity index (χ0n) is 12.8. The minimum Gasteiger partial charge on any atom is -0.383 e. The molecule has 4 aliphatic carbocycles. The van der Waals surface area contributed by atoms with Crippen molar-refractivity contribution < 1.29 is 9.53 Å². The fourth-order valence-electron chi connectivity index (χ4n) is 5.13. The second-order valence-electron chi connectivity index (χ2n) is 7.12. The minimum atomic E-state index is -0.122. The van der Waals surface area contributed by atoms with E-state index in [2.05, 4.69) is 20.9 Å². The van der Waals surface area contributed by atoms with Crippen LogP contribution in [-0.4, -0.2) is 24.2 Å². The van der Waals surface area contributed by atoms with Crippen LogP contribution in [0.1, 0.15) is 32.1 Å². The molecule has 0 aromatic carbocycles. The number of ether oxygens (including phenoxy) is 1. The van der Waals surface area contributed by atoms with Gasteiger partial charge in [0.2, 0.25) is 0 Å². The van der Waals surface area contributed by atoms with Crippen molar-refractivity contribution in [1.29, 1.82) is 0 Å². The Bertz CT molecular complexity index is 651. The monoisotopic (exact) mass is 384 g/mol. The van der Waals surface area contributed by atoms with Crippen molar-refractivity contribution in [2.75, 3.05) is 13.7 Å². The van der Waals surface area contributed by atoms with Gasteiger partial charge in [0.25, 0.3) is 5.91 Å². The predicted octanol–water partition coefficient (Wildman–Crippen LogP) is 3.21.